The predicted octanol–water partition coefficient (Wildman–Crippen LogP) is 3.33. The van der Waals surface area contributed by atoms with Crippen LogP contribution in [0.3, 0.4) is 0 Å². The summed E-state index contributed by atoms with van der Waals surface area (Å²) in [5.41, 5.74) is 0. The number of hydrogen-bond donors (Lipinski definition) is 0. The third-order valence-corrected chi connectivity index (χ3v) is 1.03. The fraction of sp³-hybridized carbons (Fsp3) is 0.667. The molecule has 14 heavy (non-hydrogen) atoms. The summed E-state index contributed by atoms with van der Waals surface area (Å²) in [7, 11) is 0. The molecule has 0 fully saturated rings. The van der Waals surface area contributed by atoms with Gasteiger partial charge in [0.1, 0.15) is 0 Å². The van der Waals surface area contributed by atoms with Gasteiger partial charge in [-0.05, 0) is 13.0 Å². The number of ether oxygens (including phenoxy) is 1. The highest BCUT2D eigenvalue weighted by Crippen LogP contribution is 2.40. The fourth-order valence-corrected chi connectivity index (χ4v) is 0.569. The Morgan fingerprint density at radius 1 is 0.929 bits per heavy atom. The fourth-order valence-electron chi connectivity index (χ4n) is 0.569. The summed E-state index contributed by atoms with van der Waals surface area (Å²) in [4.78, 5) is 0. The summed E-state index contributed by atoms with van der Waals surface area (Å²) in [6.45, 7) is 0.930. The van der Waals surface area contributed by atoms with Crippen molar-refractivity contribution in [1.29, 1.82) is 0 Å². The number of halogens is 7. The Kier molecular flexibility index (Phi) is 3.54. The zero-order chi connectivity index (χ0) is 11.6. The zero-order valence-electron chi connectivity index (χ0n) is 6.71. The van der Waals surface area contributed by atoms with Crippen molar-refractivity contribution in [2.45, 2.75) is 25.3 Å². The molecule has 1 nitrogen and oxygen atoms in total. The van der Waals surface area contributed by atoms with Crippen LogP contribution in [0, 0.1) is 0 Å². The van der Waals surface area contributed by atoms with Crippen molar-refractivity contribution in [3.05, 3.63) is 12.2 Å². The molecule has 0 aliphatic heterocycles. The molecule has 8 heteroatoms. The lowest BCUT2D eigenvalue weighted by Gasteiger charge is -2.25. The molecule has 0 saturated carbocycles. The third kappa shape index (κ3) is 3.52. The maximum absolute atomic E-state index is 12.6. The van der Waals surface area contributed by atoms with Crippen LogP contribution in [-0.2, 0) is 4.74 Å². The molecule has 0 bridgehead atoms. The van der Waals surface area contributed by atoms with Crippen LogP contribution in [0.5, 0.6) is 0 Å². The van der Waals surface area contributed by atoms with E-state index in [0.29, 0.717) is 6.08 Å². The predicted molar refractivity (Wildman–Crippen MR) is 31.8 cm³/mol. The summed E-state index contributed by atoms with van der Waals surface area (Å²) in [6.07, 6.45) is -11.4. The second-order valence-corrected chi connectivity index (χ2v) is 2.19. The molecule has 0 amide bonds. The average molecular weight is 226 g/mol. The summed E-state index contributed by atoms with van der Waals surface area (Å²) in [6, 6.07) is 0. The highest BCUT2D eigenvalue weighted by atomic mass is 19.4. The van der Waals surface area contributed by atoms with Gasteiger partial charge in [0.25, 0.3) is 0 Å². The van der Waals surface area contributed by atoms with E-state index in [1.807, 2.05) is 0 Å². The van der Waals surface area contributed by atoms with Crippen molar-refractivity contribution in [1.82, 2.24) is 0 Å². The number of hydrogen-bond acceptors (Lipinski definition) is 1. The minimum absolute atomic E-state index is 0.361. The van der Waals surface area contributed by atoms with E-state index in [1.165, 1.54) is 0 Å². The highest BCUT2D eigenvalue weighted by Gasteiger charge is 2.60. The van der Waals surface area contributed by atoms with E-state index in [0.717, 1.165) is 6.92 Å². The molecule has 84 valence electrons. The molecule has 0 aromatic carbocycles. The molecule has 0 unspecified atom stereocenters. The molecule has 0 N–H and O–H groups in total. The minimum Gasteiger partial charge on any atom is -0.242 e. The molecule has 0 saturated heterocycles. The smallest absolute Gasteiger partial charge is 0.242 e. The van der Waals surface area contributed by atoms with Gasteiger partial charge in [0.2, 0.25) is 0 Å². The van der Waals surface area contributed by atoms with Crippen LogP contribution in [0.2, 0.25) is 0 Å². The number of rotatable bonds is 2. The van der Waals surface area contributed by atoms with Crippen LogP contribution >= 0.6 is 0 Å². The van der Waals surface area contributed by atoms with Gasteiger partial charge in [-0.25, -0.2) is 4.74 Å². The van der Waals surface area contributed by atoms with Gasteiger partial charge in [0, 0.05) is 0 Å². The molecular weight excluding hydrogens is 221 g/mol. The van der Waals surface area contributed by atoms with Gasteiger partial charge < -0.3 is 0 Å². The van der Waals surface area contributed by atoms with Crippen LogP contribution in [-0.4, -0.2) is 18.4 Å². The van der Waals surface area contributed by atoms with Gasteiger partial charge in [-0.2, -0.15) is 17.6 Å². The monoisotopic (exact) mass is 226 g/mol. The molecule has 1 atom stereocenters. The maximum Gasteiger partial charge on any atom is 0.525 e. The van der Waals surface area contributed by atoms with Crippen molar-refractivity contribution in [2.24, 2.45) is 0 Å². The first kappa shape index (κ1) is 13.2. The second-order valence-electron chi connectivity index (χ2n) is 2.19. The Morgan fingerprint density at radius 3 is 1.57 bits per heavy atom. The summed E-state index contributed by atoms with van der Waals surface area (Å²) in [5, 5.41) is 0. The van der Waals surface area contributed by atoms with Gasteiger partial charge in [-0.15, -0.1) is 13.2 Å². The Balaban J connectivity index is 4.93. The SMILES string of the molecule is C/C=C/[C@](F)(OC(F)(F)F)C(F)(F)F. The third-order valence-electron chi connectivity index (χ3n) is 1.03. The molecule has 0 heterocycles. The Morgan fingerprint density at radius 2 is 1.36 bits per heavy atom. The molecule has 0 rings (SSSR count). The molecule has 0 radical (unpaired) electrons. The van der Waals surface area contributed by atoms with E-state index in [2.05, 4.69) is 4.74 Å². The summed E-state index contributed by atoms with van der Waals surface area (Å²) in [5.74, 6) is -4.83. The summed E-state index contributed by atoms with van der Waals surface area (Å²) >= 11 is 0. The molecule has 0 aromatic heterocycles. The molecule has 0 aliphatic carbocycles. The molecular formula is C6H5F7O. The minimum atomic E-state index is -5.78. The first-order chi connectivity index (χ1) is 6.02. The highest BCUT2D eigenvalue weighted by molar-refractivity contribution is 4.99. The van der Waals surface area contributed by atoms with Gasteiger partial charge in [-0.3, -0.25) is 0 Å². The first-order valence-corrected chi connectivity index (χ1v) is 3.18. The van der Waals surface area contributed by atoms with E-state index in [-0.39, 0.29) is 6.08 Å². The Labute approximate surface area is 74.1 Å². The van der Waals surface area contributed by atoms with Gasteiger partial charge >= 0.3 is 18.4 Å². The lowest BCUT2D eigenvalue weighted by Crippen LogP contribution is -2.45. The maximum atomic E-state index is 12.6. The van der Waals surface area contributed by atoms with Gasteiger partial charge in [0.05, 0.1) is 0 Å². The van der Waals surface area contributed by atoms with Crippen LogP contribution in [0.1, 0.15) is 6.92 Å². The normalized spacial score (nSPS) is 18.6. The van der Waals surface area contributed by atoms with Crippen LogP contribution < -0.4 is 0 Å². The topological polar surface area (TPSA) is 9.23 Å². The first-order valence-electron chi connectivity index (χ1n) is 3.18. The lowest BCUT2D eigenvalue weighted by molar-refractivity contribution is -0.432. The number of alkyl halides is 7. The van der Waals surface area contributed by atoms with E-state index in [4.69, 9.17) is 0 Å². The van der Waals surface area contributed by atoms with Crippen LogP contribution in [0.4, 0.5) is 30.7 Å². The van der Waals surface area contributed by atoms with E-state index < -0.39 is 18.4 Å². The summed E-state index contributed by atoms with van der Waals surface area (Å²) < 4.78 is 84.5. The van der Waals surface area contributed by atoms with Crippen molar-refractivity contribution < 1.29 is 35.5 Å². The second kappa shape index (κ2) is 3.76. The van der Waals surface area contributed by atoms with Crippen molar-refractivity contribution in [3.63, 3.8) is 0 Å². The van der Waals surface area contributed by atoms with Gasteiger partial charge in [0.15, 0.2) is 0 Å². The molecule has 0 aliphatic rings. The van der Waals surface area contributed by atoms with Crippen molar-refractivity contribution in [3.8, 4) is 0 Å². The van der Waals surface area contributed by atoms with Crippen LogP contribution in [0.15, 0.2) is 12.2 Å². The molecule has 0 aromatic rings. The van der Waals surface area contributed by atoms with Crippen LogP contribution in [0.25, 0.3) is 0 Å². The molecule has 0 spiro atoms. The largest absolute Gasteiger partial charge is 0.525 e. The van der Waals surface area contributed by atoms with Crippen molar-refractivity contribution >= 4 is 0 Å². The average Bonchev–Trinajstić information content (AvgIpc) is 1.79. The van der Waals surface area contributed by atoms with E-state index >= 15 is 0 Å². The van der Waals surface area contributed by atoms with Crippen molar-refractivity contribution in [2.75, 3.05) is 0 Å². The lowest BCUT2D eigenvalue weighted by atomic mass is 10.3. The van der Waals surface area contributed by atoms with Gasteiger partial charge in [-0.1, -0.05) is 6.08 Å². The van der Waals surface area contributed by atoms with E-state index in [9.17, 15) is 30.7 Å². The Bertz CT molecular complexity index is 215. The quantitative estimate of drug-likeness (QED) is 0.518. The zero-order valence-corrected chi connectivity index (χ0v) is 6.71. The Hall–Kier alpha value is -0.790. The standard InChI is InChI=1S/C6H5F7O/c1-2-3-4(7,5(8,9)10)14-6(11,12)13/h2-3H,1H3/b3-2+/t4-/m0/s1. The van der Waals surface area contributed by atoms with E-state index in [1.54, 1.807) is 0 Å². The number of allylic oxidation sites excluding steroid dienone is 1.